The summed E-state index contributed by atoms with van der Waals surface area (Å²) in [7, 11) is 1.32. The molecule has 1 fully saturated rings. The highest BCUT2D eigenvalue weighted by atomic mass is 16.7. The second kappa shape index (κ2) is 8.39. The first kappa shape index (κ1) is 17.9. The molecule has 0 saturated carbocycles. The normalized spacial score (nSPS) is 36.2. The largest absolute Gasteiger partial charge is 0.455 e. The highest BCUT2D eigenvalue weighted by Gasteiger charge is 2.49. The van der Waals surface area contributed by atoms with Crippen molar-refractivity contribution < 1.29 is 38.7 Å². The number of esters is 2. The van der Waals surface area contributed by atoms with Crippen LogP contribution in [0.15, 0.2) is 12.2 Å². The van der Waals surface area contributed by atoms with Crippen LogP contribution >= 0.6 is 0 Å². The van der Waals surface area contributed by atoms with Gasteiger partial charge in [-0.25, -0.2) is 0 Å². The minimum absolute atomic E-state index is 0.142. The first-order chi connectivity index (χ1) is 11.1. The van der Waals surface area contributed by atoms with Crippen LogP contribution in [0.25, 0.3) is 0 Å². The molecule has 0 spiro atoms. The van der Waals surface area contributed by atoms with Gasteiger partial charge in [-0.1, -0.05) is 12.2 Å². The summed E-state index contributed by atoms with van der Waals surface area (Å²) in [6.07, 6.45) is -0.787. The third-order valence-electron chi connectivity index (χ3n) is 3.76. The van der Waals surface area contributed by atoms with Crippen molar-refractivity contribution >= 4 is 11.9 Å². The van der Waals surface area contributed by atoms with Crippen molar-refractivity contribution in [2.45, 2.75) is 56.4 Å². The SMILES string of the molecule is CO[C@H]1O[C@H](CO)[C@H]2OC(=O)CCC=CCCC(=O)O[C@@H]2[C@H]1O. The predicted molar refractivity (Wildman–Crippen MR) is 76.1 cm³/mol. The maximum absolute atomic E-state index is 11.9. The van der Waals surface area contributed by atoms with Crippen molar-refractivity contribution in [3.8, 4) is 0 Å². The van der Waals surface area contributed by atoms with E-state index in [1.165, 1.54) is 7.11 Å². The fourth-order valence-corrected chi connectivity index (χ4v) is 2.57. The average Bonchev–Trinajstić information content (AvgIpc) is 2.53. The third kappa shape index (κ3) is 4.51. The van der Waals surface area contributed by atoms with Gasteiger partial charge in [-0.15, -0.1) is 0 Å². The van der Waals surface area contributed by atoms with Crippen LogP contribution in [-0.4, -0.2) is 66.6 Å². The van der Waals surface area contributed by atoms with Crippen LogP contribution in [0.4, 0.5) is 0 Å². The Hall–Kier alpha value is -1.48. The second-order valence-electron chi connectivity index (χ2n) is 5.41. The molecule has 2 aliphatic heterocycles. The van der Waals surface area contributed by atoms with Crippen molar-refractivity contribution in [1.29, 1.82) is 0 Å². The molecule has 0 aromatic carbocycles. The van der Waals surface area contributed by atoms with Crippen LogP contribution in [0, 0.1) is 0 Å². The van der Waals surface area contributed by atoms with Gasteiger partial charge in [-0.3, -0.25) is 9.59 Å². The molecule has 2 heterocycles. The standard InChI is InChI=1S/C15H22O8/c1-20-15-12(19)14-13(9(8-16)21-15)22-10(17)6-4-2-3-5-7-11(18)23-14/h2-3,9,12-16,19H,4-8H2,1H3/t9-,12-,13-,14-,15+/m1/s1. The molecule has 0 aromatic rings. The molecule has 2 aliphatic rings. The molecular formula is C15H22O8. The Labute approximate surface area is 134 Å². The van der Waals surface area contributed by atoms with E-state index in [1.54, 1.807) is 12.2 Å². The topological polar surface area (TPSA) is 112 Å². The summed E-state index contributed by atoms with van der Waals surface area (Å²) in [4.78, 5) is 23.8. The molecule has 1 saturated heterocycles. The molecule has 130 valence electrons. The zero-order chi connectivity index (χ0) is 16.8. The zero-order valence-electron chi connectivity index (χ0n) is 12.9. The molecule has 2 rings (SSSR count). The van der Waals surface area contributed by atoms with Gasteiger partial charge >= 0.3 is 11.9 Å². The monoisotopic (exact) mass is 330 g/mol. The maximum atomic E-state index is 11.9. The van der Waals surface area contributed by atoms with E-state index >= 15 is 0 Å². The van der Waals surface area contributed by atoms with Crippen LogP contribution in [0.2, 0.25) is 0 Å². The molecule has 0 unspecified atom stereocenters. The Balaban J connectivity index is 2.24. The Morgan fingerprint density at radius 3 is 2.22 bits per heavy atom. The van der Waals surface area contributed by atoms with Gasteiger partial charge in [-0.05, 0) is 12.8 Å². The molecule has 0 bridgehead atoms. The van der Waals surface area contributed by atoms with E-state index in [2.05, 4.69) is 0 Å². The molecule has 8 nitrogen and oxygen atoms in total. The van der Waals surface area contributed by atoms with Crippen molar-refractivity contribution in [3.63, 3.8) is 0 Å². The number of hydrogen-bond acceptors (Lipinski definition) is 8. The molecule has 0 radical (unpaired) electrons. The maximum Gasteiger partial charge on any atom is 0.306 e. The van der Waals surface area contributed by atoms with Crippen LogP contribution in [-0.2, 0) is 28.5 Å². The highest BCUT2D eigenvalue weighted by molar-refractivity contribution is 5.71. The third-order valence-corrected chi connectivity index (χ3v) is 3.76. The van der Waals surface area contributed by atoms with Crippen molar-refractivity contribution in [1.82, 2.24) is 0 Å². The molecule has 2 N–H and O–H groups in total. The number of methoxy groups -OCH3 is 1. The number of allylic oxidation sites excluding steroid dienone is 2. The van der Waals surface area contributed by atoms with Gasteiger partial charge in [0.1, 0.15) is 12.2 Å². The van der Waals surface area contributed by atoms with Gasteiger partial charge in [0.2, 0.25) is 0 Å². The summed E-state index contributed by atoms with van der Waals surface area (Å²) in [5.74, 6) is -1.06. The van der Waals surface area contributed by atoms with Crippen molar-refractivity contribution in [3.05, 3.63) is 12.2 Å². The van der Waals surface area contributed by atoms with E-state index < -0.39 is 49.3 Å². The van der Waals surface area contributed by atoms with E-state index in [-0.39, 0.29) is 12.8 Å². The fourth-order valence-electron chi connectivity index (χ4n) is 2.57. The molecule has 0 amide bonds. The minimum Gasteiger partial charge on any atom is -0.455 e. The molecular weight excluding hydrogens is 308 g/mol. The summed E-state index contributed by atoms with van der Waals surface area (Å²) < 4.78 is 20.9. The van der Waals surface area contributed by atoms with Crippen molar-refractivity contribution in [2.24, 2.45) is 0 Å². The molecule has 0 aromatic heterocycles. The van der Waals surface area contributed by atoms with E-state index in [4.69, 9.17) is 18.9 Å². The Morgan fingerprint density at radius 1 is 1.13 bits per heavy atom. The van der Waals surface area contributed by atoms with Crippen LogP contribution in [0.5, 0.6) is 0 Å². The van der Waals surface area contributed by atoms with Gasteiger partial charge < -0.3 is 29.2 Å². The second-order valence-corrected chi connectivity index (χ2v) is 5.41. The van der Waals surface area contributed by atoms with Crippen LogP contribution in [0.3, 0.4) is 0 Å². The number of fused-ring (bicyclic) bond motifs is 1. The van der Waals surface area contributed by atoms with E-state index in [1.807, 2.05) is 0 Å². The lowest BCUT2D eigenvalue weighted by atomic mass is 9.98. The van der Waals surface area contributed by atoms with Gasteiger partial charge in [0.15, 0.2) is 18.5 Å². The predicted octanol–water partition coefficient (Wildman–Crippen LogP) is -0.335. The fraction of sp³-hybridized carbons (Fsp3) is 0.733. The van der Waals surface area contributed by atoms with E-state index in [0.29, 0.717) is 12.8 Å². The number of carbonyl (C=O) groups excluding carboxylic acids is 2. The van der Waals surface area contributed by atoms with Gasteiger partial charge in [0, 0.05) is 20.0 Å². The lowest BCUT2D eigenvalue weighted by molar-refractivity contribution is -0.299. The summed E-state index contributed by atoms with van der Waals surface area (Å²) in [5, 5.41) is 19.7. The Morgan fingerprint density at radius 2 is 1.70 bits per heavy atom. The lowest BCUT2D eigenvalue weighted by Gasteiger charge is -2.42. The zero-order valence-corrected chi connectivity index (χ0v) is 12.9. The van der Waals surface area contributed by atoms with Crippen LogP contribution < -0.4 is 0 Å². The van der Waals surface area contributed by atoms with E-state index in [0.717, 1.165) is 0 Å². The number of rotatable bonds is 2. The highest BCUT2D eigenvalue weighted by Crippen LogP contribution is 2.27. The molecule has 8 heteroatoms. The van der Waals surface area contributed by atoms with Crippen molar-refractivity contribution in [2.75, 3.05) is 13.7 Å². The summed E-state index contributed by atoms with van der Waals surface area (Å²) in [6.45, 7) is -0.474. The number of aliphatic hydroxyl groups excluding tert-OH is 2. The Bertz CT molecular complexity index is 449. The molecule has 23 heavy (non-hydrogen) atoms. The summed E-state index contributed by atoms with van der Waals surface area (Å²) in [5.41, 5.74) is 0. The smallest absolute Gasteiger partial charge is 0.306 e. The minimum atomic E-state index is -1.33. The number of ether oxygens (including phenoxy) is 4. The van der Waals surface area contributed by atoms with Gasteiger partial charge in [0.05, 0.1) is 6.61 Å². The molecule has 5 atom stereocenters. The number of carbonyl (C=O) groups is 2. The number of hydrogen-bond donors (Lipinski definition) is 2. The number of aliphatic hydroxyl groups is 2. The summed E-state index contributed by atoms with van der Waals surface area (Å²) >= 11 is 0. The summed E-state index contributed by atoms with van der Waals surface area (Å²) in [6, 6.07) is 0. The molecule has 0 aliphatic carbocycles. The first-order valence-electron chi connectivity index (χ1n) is 7.58. The average molecular weight is 330 g/mol. The van der Waals surface area contributed by atoms with Gasteiger partial charge in [0.25, 0.3) is 0 Å². The first-order valence-corrected chi connectivity index (χ1v) is 7.58. The quantitative estimate of drug-likeness (QED) is 0.523. The van der Waals surface area contributed by atoms with Gasteiger partial charge in [-0.2, -0.15) is 0 Å². The lowest BCUT2D eigenvalue weighted by Crippen LogP contribution is -2.61. The van der Waals surface area contributed by atoms with E-state index in [9.17, 15) is 19.8 Å². The van der Waals surface area contributed by atoms with Crippen LogP contribution in [0.1, 0.15) is 25.7 Å². The Kier molecular flexibility index (Phi) is 6.52.